The van der Waals surface area contributed by atoms with Gasteiger partial charge in [-0.05, 0) is 29.7 Å². The monoisotopic (exact) mass is 627 g/mol. The molecule has 5 rings (SSSR count). The lowest BCUT2D eigenvalue weighted by molar-refractivity contribution is -0.135. The van der Waals surface area contributed by atoms with Crippen LogP contribution in [0.15, 0.2) is 53.1 Å². The maximum atomic E-state index is 14.2. The van der Waals surface area contributed by atoms with Gasteiger partial charge in [0.05, 0.1) is 31.9 Å². The molecular formula is C29H31BrFN5O5. The van der Waals surface area contributed by atoms with Gasteiger partial charge in [-0.2, -0.15) is 0 Å². The van der Waals surface area contributed by atoms with Crippen LogP contribution in [-0.4, -0.2) is 63.7 Å². The minimum absolute atomic E-state index is 0.102. The van der Waals surface area contributed by atoms with Crippen molar-refractivity contribution in [2.45, 2.75) is 51.5 Å². The predicted molar refractivity (Wildman–Crippen MR) is 151 cm³/mol. The Morgan fingerprint density at radius 1 is 1.15 bits per heavy atom. The molecule has 1 unspecified atom stereocenters. The van der Waals surface area contributed by atoms with Gasteiger partial charge >= 0.3 is 12.2 Å². The van der Waals surface area contributed by atoms with E-state index in [9.17, 15) is 18.8 Å². The van der Waals surface area contributed by atoms with E-state index in [0.29, 0.717) is 23.5 Å². The molecule has 1 fully saturated rings. The summed E-state index contributed by atoms with van der Waals surface area (Å²) in [4.78, 5) is 50.0. The van der Waals surface area contributed by atoms with E-state index in [1.54, 1.807) is 23.2 Å². The molecule has 0 spiro atoms. The third kappa shape index (κ3) is 6.07. The first kappa shape index (κ1) is 28.6. The Kier molecular flexibility index (Phi) is 8.30. The van der Waals surface area contributed by atoms with Gasteiger partial charge in [0.1, 0.15) is 23.8 Å². The molecule has 2 N–H and O–H groups in total. The second-order valence-corrected chi connectivity index (χ2v) is 11.4. The van der Waals surface area contributed by atoms with Crippen molar-refractivity contribution in [1.82, 2.24) is 25.1 Å². The summed E-state index contributed by atoms with van der Waals surface area (Å²) in [6.07, 6.45) is 0.123. The number of likely N-dealkylation sites (tertiary alicyclic amines) is 1. The summed E-state index contributed by atoms with van der Waals surface area (Å²) in [6, 6.07) is 11.1. The largest absolute Gasteiger partial charge is 0.453 e. The molecule has 3 amide bonds. The highest BCUT2D eigenvalue weighted by Gasteiger charge is 2.43. The van der Waals surface area contributed by atoms with Crippen LogP contribution in [-0.2, 0) is 27.4 Å². The number of fused-ring (bicyclic) bond motifs is 1. The summed E-state index contributed by atoms with van der Waals surface area (Å²) in [5, 5.41) is 2.63. The molecule has 3 heterocycles. The van der Waals surface area contributed by atoms with Crippen LogP contribution in [0.5, 0.6) is 0 Å². The molecule has 0 saturated carbocycles. The molecule has 2 aliphatic heterocycles. The number of hydrogen-bond donors (Lipinski definition) is 2. The highest BCUT2D eigenvalue weighted by Crippen LogP contribution is 2.35. The second-order valence-electron chi connectivity index (χ2n) is 10.5. The van der Waals surface area contributed by atoms with Gasteiger partial charge in [-0.1, -0.05) is 54.0 Å². The van der Waals surface area contributed by atoms with Gasteiger partial charge in [0, 0.05) is 34.8 Å². The van der Waals surface area contributed by atoms with Crippen molar-refractivity contribution in [1.29, 1.82) is 0 Å². The summed E-state index contributed by atoms with van der Waals surface area (Å²) in [5.41, 5.74) is 2.82. The van der Waals surface area contributed by atoms with Crippen LogP contribution in [0.3, 0.4) is 0 Å². The molecular weight excluding hydrogens is 597 g/mol. The van der Waals surface area contributed by atoms with E-state index in [4.69, 9.17) is 14.5 Å². The highest BCUT2D eigenvalue weighted by molar-refractivity contribution is 9.10. The number of carbonyl (C=O) groups is 3. The number of hydrogen-bond acceptors (Lipinski definition) is 6. The summed E-state index contributed by atoms with van der Waals surface area (Å²) in [5.74, 6) is -0.401. The molecule has 1 aromatic heterocycles. The maximum absolute atomic E-state index is 14.2. The van der Waals surface area contributed by atoms with Crippen LogP contribution in [0.25, 0.3) is 11.3 Å². The van der Waals surface area contributed by atoms with Crippen molar-refractivity contribution in [3.05, 3.63) is 75.9 Å². The van der Waals surface area contributed by atoms with Gasteiger partial charge in [0.15, 0.2) is 0 Å². The molecule has 216 valence electrons. The maximum Gasteiger partial charge on any atom is 0.410 e. The number of amides is 3. The Hall–Kier alpha value is -3.93. The summed E-state index contributed by atoms with van der Waals surface area (Å²) < 4.78 is 25.8. The molecule has 41 heavy (non-hydrogen) atoms. The van der Waals surface area contributed by atoms with Crippen molar-refractivity contribution < 1.29 is 28.2 Å². The smallest absolute Gasteiger partial charge is 0.410 e. The van der Waals surface area contributed by atoms with Crippen LogP contribution in [0, 0.1) is 11.7 Å². The molecule has 2 aliphatic rings. The fraction of sp³-hybridized carbons (Fsp3) is 0.379. The highest BCUT2D eigenvalue weighted by atomic mass is 79.9. The fourth-order valence-electron chi connectivity index (χ4n) is 5.27. The van der Waals surface area contributed by atoms with E-state index in [-0.39, 0.29) is 37.3 Å². The van der Waals surface area contributed by atoms with E-state index in [1.807, 2.05) is 38.1 Å². The number of nitrogens with one attached hydrogen (secondary N) is 2. The average molecular weight is 628 g/mol. The van der Waals surface area contributed by atoms with E-state index in [1.165, 1.54) is 18.1 Å². The van der Waals surface area contributed by atoms with Gasteiger partial charge in [0.25, 0.3) is 0 Å². The van der Waals surface area contributed by atoms with Crippen LogP contribution in [0.1, 0.15) is 43.3 Å². The second kappa shape index (κ2) is 11.9. The summed E-state index contributed by atoms with van der Waals surface area (Å²) >= 11 is 3.44. The Labute approximate surface area is 245 Å². The molecule has 0 aliphatic carbocycles. The first-order valence-corrected chi connectivity index (χ1v) is 14.1. The molecule has 1 saturated heterocycles. The van der Waals surface area contributed by atoms with Gasteiger partial charge in [-0.3, -0.25) is 9.69 Å². The van der Waals surface area contributed by atoms with E-state index < -0.39 is 30.4 Å². The molecule has 10 nitrogen and oxygen atoms in total. The average Bonchev–Trinajstić information content (AvgIpc) is 3.70. The third-order valence-corrected chi connectivity index (χ3v) is 7.97. The predicted octanol–water partition coefficient (Wildman–Crippen LogP) is 5.15. The van der Waals surface area contributed by atoms with Crippen LogP contribution < -0.4 is 5.32 Å². The summed E-state index contributed by atoms with van der Waals surface area (Å²) in [7, 11) is 1.24. The lowest BCUT2D eigenvalue weighted by Gasteiger charge is -2.29. The molecule has 3 atom stereocenters. The lowest BCUT2D eigenvalue weighted by Crippen LogP contribution is -2.51. The zero-order valence-corrected chi connectivity index (χ0v) is 24.5. The fourth-order valence-corrected chi connectivity index (χ4v) is 5.53. The third-order valence-electron chi connectivity index (χ3n) is 7.44. The number of ether oxygens (including phenoxy) is 2. The Morgan fingerprint density at radius 3 is 2.59 bits per heavy atom. The van der Waals surface area contributed by atoms with Crippen LogP contribution >= 0.6 is 15.9 Å². The van der Waals surface area contributed by atoms with Gasteiger partial charge < -0.3 is 24.7 Å². The van der Waals surface area contributed by atoms with Crippen molar-refractivity contribution in [3.8, 4) is 11.3 Å². The minimum Gasteiger partial charge on any atom is -0.453 e. The standard InChI is InChI=1S/C29H31BrFN5O5/c1-16(2)25(34-28(38)40-3)27(37)36-14-20(41-29(39)35-13-18-5-4-6-22(31)21(18)15-35)11-24(36)26-32-12-23(33-26)17-7-9-19(30)10-8-17/h4-10,12,16,20,24-25H,11,13-15H2,1-3H3,(H,32,33)(H,34,38)/t20-,24+,25?/m1/s1. The normalized spacial score (nSPS) is 18.8. The van der Waals surface area contributed by atoms with Crippen molar-refractivity contribution in [3.63, 3.8) is 0 Å². The van der Waals surface area contributed by atoms with Crippen molar-refractivity contribution in [2.75, 3.05) is 13.7 Å². The molecule has 12 heteroatoms. The topological polar surface area (TPSA) is 117 Å². The first-order chi connectivity index (χ1) is 19.6. The van der Waals surface area contributed by atoms with Gasteiger partial charge in [-0.25, -0.2) is 19.0 Å². The van der Waals surface area contributed by atoms with Crippen LogP contribution in [0.4, 0.5) is 14.0 Å². The number of benzene rings is 2. The van der Waals surface area contributed by atoms with E-state index >= 15 is 0 Å². The van der Waals surface area contributed by atoms with Crippen LogP contribution in [0.2, 0.25) is 0 Å². The number of alkyl carbamates (subject to hydrolysis) is 1. The number of halogens is 2. The van der Waals surface area contributed by atoms with Crippen molar-refractivity contribution in [2.24, 2.45) is 5.92 Å². The number of H-pyrrole nitrogens is 1. The zero-order chi connectivity index (χ0) is 29.3. The Bertz CT molecular complexity index is 1450. The number of aromatic amines is 1. The number of nitrogens with zero attached hydrogens (tertiary/aromatic N) is 3. The Morgan fingerprint density at radius 2 is 1.90 bits per heavy atom. The SMILES string of the molecule is COC(=O)NC(C(=O)N1C[C@H](OC(=O)N2Cc3cccc(F)c3C2)C[C@H]1c1nc(-c2ccc(Br)cc2)c[nH]1)C(C)C. The summed E-state index contributed by atoms with van der Waals surface area (Å²) in [6.45, 7) is 4.11. The molecule has 3 aromatic rings. The van der Waals surface area contributed by atoms with Gasteiger partial charge in [-0.15, -0.1) is 0 Å². The minimum atomic E-state index is -0.864. The number of methoxy groups -OCH3 is 1. The zero-order valence-electron chi connectivity index (χ0n) is 22.9. The molecule has 0 bridgehead atoms. The Balaban J connectivity index is 1.37. The van der Waals surface area contributed by atoms with E-state index in [2.05, 4.69) is 26.2 Å². The first-order valence-electron chi connectivity index (χ1n) is 13.3. The number of aromatic nitrogens is 2. The number of rotatable bonds is 6. The lowest BCUT2D eigenvalue weighted by atomic mass is 10.0. The number of carbonyl (C=O) groups excluding carboxylic acids is 3. The van der Waals surface area contributed by atoms with E-state index in [0.717, 1.165) is 15.6 Å². The molecule has 0 radical (unpaired) electrons. The molecule has 2 aromatic carbocycles. The number of imidazole rings is 1. The van der Waals surface area contributed by atoms with Crippen molar-refractivity contribution >= 4 is 34.0 Å². The van der Waals surface area contributed by atoms with Gasteiger partial charge in [0.2, 0.25) is 5.91 Å². The quantitative estimate of drug-likeness (QED) is 0.390.